The molecule has 0 bridgehead atoms. The van der Waals surface area contributed by atoms with Crippen LogP contribution in [0.5, 0.6) is 11.5 Å². The zero-order chi connectivity index (χ0) is 20.5. The van der Waals surface area contributed by atoms with E-state index in [1.165, 1.54) is 30.4 Å². The molecule has 0 radical (unpaired) electrons. The van der Waals surface area contributed by atoms with Crippen LogP contribution in [0.25, 0.3) is 6.08 Å². The zero-order valence-electron chi connectivity index (χ0n) is 15.4. The van der Waals surface area contributed by atoms with Crippen LogP contribution in [-0.2, 0) is 9.59 Å². The van der Waals surface area contributed by atoms with Crippen molar-refractivity contribution in [1.82, 2.24) is 10.9 Å². The molecule has 0 aromatic heterocycles. The molecule has 2 rings (SSSR count). The fourth-order valence-electron chi connectivity index (χ4n) is 2.09. The molecule has 0 spiro atoms. The number of carbonyl (C=O) groups excluding carboxylic acids is 2. The van der Waals surface area contributed by atoms with Crippen LogP contribution in [0.2, 0.25) is 5.02 Å². The third-order valence-electron chi connectivity index (χ3n) is 3.50. The van der Waals surface area contributed by atoms with E-state index in [1.807, 2.05) is 6.92 Å². The molecular weight excluding hydrogens is 387 g/mol. The molecule has 8 heteroatoms. The van der Waals surface area contributed by atoms with Crippen molar-refractivity contribution in [2.45, 2.75) is 20.0 Å². The van der Waals surface area contributed by atoms with Gasteiger partial charge >= 0.3 is 0 Å². The summed E-state index contributed by atoms with van der Waals surface area (Å²) in [6, 6.07) is 10.9. The van der Waals surface area contributed by atoms with Crippen LogP contribution in [0.15, 0.2) is 48.5 Å². The summed E-state index contributed by atoms with van der Waals surface area (Å²) < 4.78 is 23.9. The lowest BCUT2D eigenvalue weighted by molar-refractivity contribution is -0.131. The van der Waals surface area contributed by atoms with Gasteiger partial charge in [0.05, 0.1) is 11.6 Å². The van der Waals surface area contributed by atoms with E-state index in [-0.39, 0.29) is 5.02 Å². The quantitative estimate of drug-likeness (QED) is 0.545. The minimum absolute atomic E-state index is 0.0453. The van der Waals surface area contributed by atoms with Gasteiger partial charge in [-0.25, -0.2) is 4.39 Å². The monoisotopic (exact) mass is 406 g/mol. The molecule has 2 amide bonds. The Hall–Kier alpha value is -3.06. The maximum Gasteiger partial charge on any atom is 0.279 e. The largest absolute Gasteiger partial charge is 0.494 e. The molecule has 2 aromatic carbocycles. The Morgan fingerprint density at radius 1 is 1.14 bits per heavy atom. The summed E-state index contributed by atoms with van der Waals surface area (Å²) in [7, 11) is 0. The van der Waals surface area contributed by atoms with Gasteiger partial charge in [-0.2, -0.15) is 0 Å². The van der Waals surface area contributed by atoms with E-state index in [2.05, 4.69) is 10.9 Å². The van der Waals surface area contributed by atoms with Crippen molar-refractivity contribution in [3.05, 3.63) is 64.9 Å². The van der Waals surface area contributed by atoms with Crippen molar-refractivity contribution in [3.63, 3.8) is 0 Å². The lowest BCUT2D eigenvalue weighted by Crippen LogP contribution is -2.46. The first kappa shape index (κ1) is 21.2. The Labute approximate surface area is 167 Å². The Morgan fingerprint density at radius 3 is 2.46 bits per heavy atom. The predicted molar refractivity (Wildman–Crippen MR) is 104 cm³/mol. The van der Waals surface area contributed by atoms with Gasteiger partial charge in [-0.15, -0.1) is 0 Å². The molecule has 0 aliphatic carbocycles. The van der Waals surface area contributed by atoms with Gasteiger partial charge in [0.1, 0.15) is 17.3 Å². The number of halogens is 2. The maximum absolute atomic E-state index is 13.1. The van der Waals surface area contributed by atoms with Crippen molar-refractivity contribution in [3.8, 4) is 11.5 Å². The number of carbonyl (C=O) groups is 2. The summed E-state index contributed by atoms with van der Waals surface area (Å²) in [6.07, 6.45) is 1.78. The van der Waals surface area contributed by atoms with Crippen LogP contribution in [0.4, 0.5) is 4.39 Å². The molecule has 28 heavy (non-hydrogen) atoms. The summed E-state index contributed by atoms with van der Waals surface area (Å²) in [5.41, 5.74) is 5.05. The molecule has 6 nitrogen and oxygen atoms in total. The second kappa shape index (κ2) is 10.3. The van der Waals surface area contributed by atoms with Gasteiger partial charge in [-0.05, 0) is 61.9 Å². The first-order valence-electron chi connectivity index (χ1n) is 8.51. The minimum atomic E-state index is -0.835. The number of hydrogen-bond donors (Lipinski definition) is 2. The SMILES string of the molecule is CCOc1ccc(O[C@H](C)C(=O)NNC(=O)/C=C/c2ccc(F)c(Cl)c2)cc1. The summed E-state index contributed by atoms with van der Waals surface area (Å²) >= 11 is 5.67. The van der Waals surface area contributed by atoms with Crippen LogP contribution in [-0.4, -0.2) is 24.5 Å². The van der Waals surface area contributed by atoms with E-state index >= 15 is 0 Å². The molecule has 0 saturated carbocycles. The Bertz CT molecular complexity index is 856. The standard InChI is InChI=1S/C20H20ClFN2O4/c1-3-27-15-6-8-16(9-7-15)28-13(2)20(26)24-23-19(25)11-5-14-4-10-18(22)17(21)12-14/h4-13H,3H2,1-2H3,(H,23,25)(H,24,26)/b11-5+/t13-/m1/s1. The molecule has 0 saturated heterocycles. The van der Waals surface area contributed by atoms with Crippen LogP contribution in [0.1, 0.15) is 19.4 Å². The molecule has 2 N–H and O–H groups in total. The van der Waals surface area contributed by atoms with Crippen molar-refractivity contribution in [1.29, 1.82) is 0 Å². The number of amides is 2. The van der Waals surface area contributed by atoms with Crippen molar-refractivity contribution in [2.75, 3.05) is 6.61 Å². The molecule has 2 aromatic rings. The number of nitrogens with one attached hydrogen (secondary N) is 2. The smallest absolute Gasteiger partial charge is 0.279 e. The summed E-state index contributed by atoms with van der Waals surface area (Å²) in [4.78, 5) is 23.8. The molecule has 0 fully saturated rings. The molecule has 0 heterocycles. The number of hydrazine groups is 1. The lowest BCUT2D eigenvalue weighted by atomic mass is 10.2. The summed E-state index contributed by atoms with van der Waals surface area (Å²) in [5.74, 6) is -0.446. The van der Waals surface area contributed by atoms with Crippen LogP contribution >= 0.6 is 11.6 Å². The highest BCUT2D eigenvalue weighted by Crippen LogP contribution is 2.19. The Kier molecular flexibility index (Phi) is 7.83. The fourth-order valence-corrected chi connectivity index (χ4v) is 2.28. The molecule has 0 unspecified atom stereocenters. The predicted octanol–water partition coefficient (Wildman–Crippen LogP) is 3.51. The molecule has 0 aliphatic rings. The lowest BCUT2D eigenvalue weighted by Gasteiger charge is -2.15. The second-order valence-corrected chi connectivity index (χ2v) is 6.06. The highest BCUT2D eigenvalue weighted by Gasteiger charge is 2.15. The van der Waals surface area contributed by atoms with E-state index in [0.29, 0.717) is 23.7 Å². The normalized spacial score (nSPS) is 11.7. The van der Waals surface area contributed by atoms with E-state index in [1.54, 1.807) is 31.2 Å². The van der Waals surface area contributed by atoms with Crippen LogP contribution in [0.3, 0.4) is 0 Å². The van der Waals surface area contributed by atoms with Crippen molar-refractivity contribution in [2.24, 2.45) is 0 Å². The zero-order valence-corrected chi connectivity index (χ0v) is 16.1. The van der Waals surface area contributed by atoms with E-state index in [9.17, 15) is 14.0 Å². The van der Waals surface area contributed by atoms with Gasteiger partial charge < -0.3 is 9.47 Å². The highest BCUT2D eigenvalue weighted by molar-refractivity contribution is 6.30. The van der Waals surface area contributed by atoms with Gasteiger partial charge in [-0.3, -0.25) is 20.4 Å². The Morgan fingerprint density at radius 2 is 1.82 bits per heavy atom. The molecule has 1 atom stereocenters. The number of ether oxygens (including phenoxy) is 2. The van der Waals surface area contributed by atoms with Gasteiger partial charge in [0.2, 0.25) is 0 Å². The summed E-state index contributed by atoms with van der Waals surface area (Å²) in [5, 5.41) is -0.0453. The first-order chi connectivity index (χ1) is 13.4. The summed E-state index contributed by atoms with van der Waals surface area (Å²) in [6.45, 7) is 3.99. The van der Waals surface area contributed by atoms with Gasteiger partial charge in [0.15, 0.2) is 6.10 Å². The third-order valence-corrected chi connectivity index (χ3v) is 3.79. The molecular formula is C20H20ClFN2O4. The highest BCUT2D eigenvalue weighted by atomic mass is 35.5. The maximum atomic E-state index is 13.1. The topological polar surface area (TPSA) is 76.7 Å². The molecule has 148 valence electrons. The molecule has 0 aliphatic heterocycles. The first-order valence-corrected chi connectivity index (χ1v) is 8.89. The average molecular weight is 407 g/mol. The number of rotatable bonds is 7. The van der Waals surface area contributed by atoms with Crippen molar-refractivity contribution >= 4 is 29.5 Å². The minimum Gasteiger partial charge on any atom is -0.494 e. The van der Waals surface area contributed by atoms with Gasteiger partial charge in [0.25, 0.3) is 11.8 Å². The van der Waals surface area contributed by atoms with E-state index in [4.69, 9.17) is 21.1 Å². The fraction of sp³-hybridized carbons (Fsp3) is 0.200. The van der Waals surface area contributed by atoms with Crippen molar-refractivity contribution < 1.29 is 23.5 Å². The van der Waals surface area contributed by atoms with Crippen LogP contribution < -0.4 is 20.3 Å². The van der Waals surface area contributed by atoms with Gasteiger partial charge in [-0.1, -0.05) is 17.7 Å². The van der Waals surface area contributed by atoms with Crippen LogP contribution in [0, 0.1) is 5.82 Å². The number of hydrogen-bond acceptors (Lipinski definition) is 4. The third kappa shape index (κ3) is 6.59. The van der Waals surface area contributed by atoms with Gasteiger partial charge in [0, 0.05) is 6.08 Å². The Balaban J connectivity index is 1.80. The second-order valence-electron chi connectivity index (χ2n) is 5.65. The van der Waals surface area contributed by atoms with E-state index < -0.39 is 23.7 Å². The average Bonchev–Trinajstić information content (AvgIpc) is 2.68. The number of benzene rings is 2. The van der Waals surface area contributed by atoms with E-state index in [0.717, 1.165) is 0 Å².